The van der Waals surface area contributed by atoms with Crippen molar-refractivity contribution >= 4 is 0 Å². The molecule has 0 aliphatic carbocycles. The van der Waals surface area contributed by atoms with Crippen LogP contribution < -0.4 is 5.32 Å². The second kappa shape index (κ2) is 5.67. The van der Waals surface area contributed by atoms with Crippen molar-refractivity contribution in [1.29, 1.82) is 0 Å². The van der Waals surface area contributed by atoms with Gasteiger partial charge in [-0.1, -0.05) is 19.9 Å². The third-order valence-electron chi connectivity index (χ3n) is 2.40. The predicted octanol–water partition coefficient (Wildman–Crippen LogP) is 2.88. The largest absolute Gasteiger partial charge is 0.419 e. The molecule has 1 atom stereocenters. The molecular weight excluding hydrogens is 250 g/mol. The topological polar surface area (TPSA) is 32.3 Å². The summed E-state index contributed by atoms with van der Waals surface area (Å²) in [6.45, 7) is 3.88. The zero-order valence-electron chi connectivity index (χ0n) is 10.1. The SMILES string of the molecule is CC(C)NCC(O)c1ccc(C(F)(F)F)c(F)c1. The number of hydrogen-bond donors (Lipinski definition) is 2. The van der Waals surface area contributed by atoms with Gasteiger partial charge in [0.05, 0.1) is 11.7 Å². The molecule has 0 aliphatic rings. The van der Waals surface area contributed by atoms with Crippen molar-refractivity contribution in [3.8, 4) is 0 Å². The van der Waals surface area contributed by atoms with E-state index in [4.69, 9.17) is 0 Å². The molecule has 0 radical (unpaired) electrons. The maximum absolute atomic E-state index is 13.3. The number of benzene rings is 1. The van der Waals surface area contributed by atoms with Crippen molar-refractivity contribution in [3.63, 3.8) is 0 Å². The molecular formula is C12H15F4NO. The second-order valence-corrected chi connectivity index (χ2v) is 4.32. The fraction of sp³-hybridized carbons (Fsp3) is 0.500. The smallest absolute Gasteiger partial charge is 0.387 e. The summed E-state index contributed by atoms with van der Waals surface area (Å²) in [5, 5.41) is 12.6. The van der Waals surface area contributed by atoms with Gasteiger partial charge in [-0.25, -0.2) is 4.39 Å². The van der Waals surface area contributed by atoms with Crippen LogP contribution >= 0.6 is 0 Å². The van der Waals surface area contributed by atoms with Gasteiger partial charge in [0.25, 0.3) is 0 Å². The van der Waals surface area contributed by atoms with Crippen LogP contribution in [0.5, 0.6) is 0 Å². The lowest BCUT2D eigenvalue weighted by Crippen LogP contribution is -2.28. The molecule has 1 unspecified atom stereocenters. The molecule has 0 saturated carbocycles. The number of aliphatic hydroxyl groups is 1. The minimum Gasteiger partial charge on any atom is -0.387 e. The summed E-state index contributed by atoms with van der Waals surface area (Å²) >= 11 is 0. The molecule has 0 spiro atoms. The minimum atomic E-state index is -4.72. The highest BCUT2D eigenvalue weighted by Gasteiger charge is 2.34. The zero-order chi connectivity index (χ0) is 13.9. The Bertz CT molecular complexity index is 404. The first-order valence-corrected chi connectivity index (χ1v) is 5.50. The van der Waals surface area contributed by atoms with Crippen molar-refractivity contribution < 1.29 is 22.7 Å². The first kappa shape index (κ1) is 14.9. The maximum Gasteiger partial charge on any atom is 0.419 e. The van der Waals surface area contributed by atoms with Crippen LogP contribution in [0.3, 0.4) is 0 Å². The van der Waals surface area contributed by atoms with Crippen molar-refractivity contribution in [1.82, 2.24) is 5.32 Å². The van der Waals surface area contributed by atoms with Crippen molar-refractivity contribution in [2.75, 3.05) is 6.54 Å². The Morgan fingerprint density at radius 2 is 1.89 bits per heavy atom. The Morgan fingerprint density at radius 1 is 1.28 bits per heavy atom. The fourth-order valence-electron chi connectivity index (χ4n) is 1.43. The summed E-state index contributed by atoms with van der Waals surface area (Å²) < 4.78 is 50.2. The van der Waals surface area contributed by atoms with Crippen LogP contribution in [-0.2, 0) is 6.18 Å². The van der Waals surface area contributed by atoms with E-state index in [1.165, 1.54) is 0 Å². The van der Waals surface area contributed by atoms with E-state index in [-0.39, 0.29) is 18.2 Å². The van der Waals surface area contributed by atoms with Gasteiger partial charge in [0.15, 0.2) is 0 Å². The molecule has 0 saturated heterocycles. The van der Waals surface area contributed by atoms with Gasteiger partial charge >= 0.3 is 6.18 Å². The summed E-state index contributed by atoms with van der Waals surface area (Å²) in [7, 11) is 0. The Morgan fingerprint density at radius 3 is 2.33 bits per heavy atom. The van der Waals surface area contributed by atoms with Crippen LogP contribution in [-0.4, -0.2) is 17.7 Å². The number of rotatable bonds is 4. The van der Waals surface area contributed by atoms with Gasteiger partial charge in [-0.2, -0.15) is 13.2 Å². The highest BCUT2D eigenvalue weighted by atomic mass is 19.4. The molecule has 1 aromatic carbocycles. The molecule has 0 aromatic heterocycles. The Kier molecular flexibility index (Phi) is 4.70. The number of hydrogen-bond acceptors (Lipinski definition) is 2. The number of nitrogens with one attached hydrogen (secondary N) is 1. The van der Waals surface area contributed by atoms with Gasteiger partial charge in [-0.15, -0.1) is 0 Å². The molecule has 0 bridgehead atoms. The number of halogens is 4. The quantitative estimate of drug-likeness (QED) is 0.820. The molecule has 2 N–H and O–H groups in total. The van der Waals surface area contributed by atoms with Crippen LogP contribution in [0, 0.1) is 5.82 Å². The molecule has 0 amide bonds. The van der Waals surface area contributed by atoms with E-state index in [1.54, 1.807) is 0 Å². The molecule has 1 rings (SSSR count). The molecule has 0 heterocycles. The average Bonchev–Trinajstić information content (AvgIpc) is 2.23. The fourth-order valence-corrected chi connectivity index (χ4v) is 1.43. The third-order valence-corrected chi connectivity index (χ3v) is 2.40. The zero-order valence-corrected chi connectivity index (χ0v) is 10.1. The van der Waals surface area contributed by atoms with Gasteiger partial charge in [-0.05, 0) is 17.7 Å². The summed E-state index contributed by atoms with van der Waals surface area (Å²) in [5.41, 5.74) is -1.20. The lowest BCUT2D eigenvalue weighted by Gasteiger charge is -2.15. The lowest BCUT2D eigenvalue weighted by molar-refractivity contribution is -0.140. The van der Waals surface area contributed by atoms with E-state index >= 15 is 0 Å². The third kappa shape index (κ3) is 3.96. The first-order valence-electron chi connectivity index (χ1n) is 5.50. The van der Waals surface area contributed by atoms with Crippen LogP contribution in [0.15, 0.2) is 18.2 Å². The molecule has 0 aliphatic heterocycles. The molecule has 6 heteroatoms. The van der Waals surface area contributed by atoms with Gasteiger partial charge in [0.1, 0.15) is 5.82 Å². The Labute approximate surface area is 103 Å². The standard InChI is InChI=1S/C12H15F4NO/c1-7(2)17-6-11(18)8-3-4-9(10(13)5-8)12(14,15)16/h3-5,7,11,17-18H,6H2,1-2H3. The number of alkyl halides is 3. The summed E-state index contributed by atoms with van der Waals surface area (Å²) in [6.07, 6.45) is -5.76. The van der Waals surface area contributed by atoms with E-state index in [9.17, 15) is 22.7 Å². The molecule has 2 nitrogen and oxygen atoms in total. The van der Waals surface area contributed by atoms with E-state index in [0.29, 0.717) is 6.07 Å². The summed E-state index contributed by atoms with van der Waals surface area (Å²) in [6, 6.07) is 2.57. The molecule has 102 valence electrons. The van der Waals surface area contributed by atoms with Gasteiger partial charge < -0.3 is 10.4 Å². The number of aliphatic hydroxyl groups excluding tert-OH is 1. The Balaban J connectivity index is 2.84. The van der Waals surface area contributed by atoms with Crippen molar-refractivity contribution in [2.45, 2.75) is 32.2 Å². The molecule has 1 aromatic rings. The van der Waals surface area contributed by atoms with Crippen molar-refractivity contribution in [3.05, 3.63) is 35.1 Å². The highest BCUT2D eigenvalue weighted by Crippen LogP contribution is 2.32. The lowest BCUT2D eigenvalue weighted by atomic mass is 10.1. The maximum atomic E-state index is 13.3. The van der Waals surface area contributed by atoms with Crippen molar-refractivity contribution in [2.24, 2.45) is 0 Å². The predicted molar refractivity (Wildman–Crippen MR) is 59.5 cm³/mol. The van der Waals surface area contributed by atoms with Crippen LogP contribution in [0.25, 0.3) is 0 Å². The molecule has 0 fully saturated rings. The van der Waals surface area contributed by atoms with Crippen LogP contribution in [0.4, 0.5) is 17.6 Å². The summed E-state index contributed by atoms with van der Waals surface area (Å²) in [5.74, 6) is -1.37. The van der Waals surface area contributed by atoms with Gasteiger partial charge in [0.2, 0.25) is 0 Å². The summed E-state index contributed by atoms with van der Waals surface area (Å²) in [4.78, 5) is 0. The van der Waals surface area contributed by atoms with Crippen LogP contribution in [0.2, 0.25) is 0 Å². The first-order chi connectivity index (χ1) is 8.21. The van der Waals surface area contributed by atoms with Gasteiger partial charge in [0, 0.05) is 12.6 Å². The van der Waals surface area contributed by atoms with E-state index in [2.05, 4.69) is 5.32 Å². The van der Waals surface area contributed by atoms with E-state index < -0.39 is 23.7 Å². The molecule has 18 heavy (non-hydrogen) atoms. The Hall–Kier alpha value is -1.14. The average molecular weight is 265 g/mol. The van der Waals surface area contributed by atoms with E-state index in [0.717, 1.165) is 12.1 Å². The van der Waals surface area contributed by atoms with Crippen LogP contribution in [0.1, 0.15) is 31.1 Å². The van der Waals surface area contributed by atoms with E-state index in [1.807, 2.05) is 13.8 Å². The van der Waals surface area contributed by atoms with Gasteiger partial charge in [-0.3, -0.25) is 0 Å². The monoisotopic (exact) mass is 265 g/mol. The second-order valence-electron chi connectivity index (χ2n) is 4.32. The normalized spacial score (nSPS) is 14.0. The highest BCUT2D eigenvalue weighted by molar-refractivity contribution is 5.28. The minimum absolute atomic E-state index is 0.119.